The van der Waals surface area contributed by atoms with E-state index in [1.54, 1.807) is 6.08 Å². The van der Waals surface area contributed by atoms with Crippen LogP contribution in [-0.4, -0.2) is 11.1 Å². The Morgan fingerprint density at radius 2 is 2.21 bits per heavy atom. The predicted octanol–water partition coefficient (Wildman–Crippen LogP) is 3.46. The van der Waals surface area contributed by atoms with E-state index >= 15 is 0 Å². The van der Waals surface area contributed by atoms with Crippen LogP contribution >= 0.6 is 38.5 Å². The molecule has 4 heteroatoms. The standard InChI is InChI=1S/C10H8BrIO2/c1-6-4-8(11)7(5-9(6)12)2-3-10(13)14/h2-5H,1H3,(H,13,14)/b3-2+. The van der Waals surface area contributed by atoms with Crippen LogP contribution in [0, 0.1) is 10.5 Å². The van der Waals surface area contributed by atoms with Crippen LogP contribution in [0.4, 0.5) is 0 Å². The average Bonchev–Trinajstić information content (AvgIpc) is 2.09. The molecule has 14 heavy (non-hydrogen) atoms. The maximum absolute atomic E-state index is 10.3. The van der Waals surface area contributed by atoms with Gasteiger partial charge >= 0.3 is 5.97 Å². The Hall–Kier alpha value is -0.360. The normalized spacial score (nSPS) is 10.8. The lowest BCUT2D eigenvalue weighted by Crippen LogP contribution is -1.88. The summed E-state index contributed by atoms with van der Waals surface area (Å²) in [6.07, 6.45) is 2.71. The summed E-state index contributed by atoms with van der Waals surface area (Å²) >= 11 is 5.61. The number of halogens is 2. The fourth-order valence-electron chi connectivity index (χ4n) is 0.950. The molecule has 0 unspecified atom stereocenters. The third-order valence-corrected chi connectivity index (χ3v) is 3.53. The van der Waals surface area contributed by atoms with E-state index < -0.39 is 5.97 Å². The van der Waals surface area contributed by atoms with Gasteiger partial charge in [0.05, 0.1) is 0 Å². The number of hydrogen-bond acceptors (Lipinski definition) is 1. The van der Waals surface area contributed by atoms with Crippen molar-refractivity contribution in [2.45, 2.75) is 6.92 Å². The SMILES string of the molecule is Cc1cc(Br)c(/C=C/C(=O)O)cc1I. The van der Waals surface area contributed by atoms with Crippen LogP contribution in [0.1, 0.15) is 11.1 Å². The van der Waals surface area contributed by atoms with Gasteiger partial charge in [0, 0.05) is 14.1 Å². The quantitative estimate of drug-likeness (QED) is 0.642. The van der Waals surface area contributed by atoms with Gasteiger partial charge in [-0.3, -0.25) is 0 Å². The summed E-state index contributed by atoms with van der Waals surface area (Å²) in [5.74, 6) is -0.938. The maximum Gasteiger partial charge on any atom is 0.328 e. The highest BCUT2D eigenvalue weighted by Crippen LogP contribution is 2.23. The van der Waals surface area contributed by atoms with Crippen LogP contribution in [0.3, 0.4) is 0 Å². The first-order valence-corrected chi connectivity index (χ1v) is 5.74. The van der Waals surface area contributed by atoms with E-state index in [-0.39, 0.29) is 0 Å². The molecule has 74 valence electrons. The van der Waals surface area contributed by atoms with Crippen molar-refractivity contribution in [3.8, 4) is 0 Å². The van der Waals surface area contributed by atoms with Crippen molar-refractivity contribution in [3.63, 3.8) is 0 Å². The topological polar surface area (TPSA) is 37.3 Å². The monoisotopic (exact) mass is 366 g/mol. The van der Waals surface area contributed by atoms with Crippen LogP contribution in [0.25, 0.3) is 6.08 Å². The lowest BCUT2D eigenvalue weighted by Gasteiger charge is -2.02. The first-order chi connectivity index (χ1) is 6.50. The number of aryl methyl sites for hydroxylation is 1. The molecule has 2 nitrogen and oxygen atoms in total. The number of aliphatic carboxylic acids is 1. The molecule has 0 atom stereocenters. The second kappa shape index (κ2) is 4.93. The Morgan fingerprint density at radius 1 is 1.57 bits per heavy atom. The summed E-state index contributed by atoms with van der Waals surface area (Å²) in [5, 5.41) is 8.49. The summed E-state index contributed by atoms with van der Waals surface area (Å²) < 4.78 is 2.03. The summed E-state index contributed by atoms with van der Waals surface area (Å²) in [7, 11) is 0. The maximum atomic E-state index is 10.3. The zero-order valence-electron chi connectivity index (χ0n) is 7.42. The van der Waals surface area contributed by atoms with Crippen molar-refractivity contribution in [2.24, 2.45) is 0 Å². The summed E-state index contributed by atoms with van der Waals surface area (Å²) in [6, 6.07) is 3.92. The fraction of sp³-hybridized carbons (Fsp3) is 0.100. The lowest BCUT2D eigenvalue weighted by atomic mass is 10.1. The van der Waals surface area contributed by atoms with Crippen molar-refractivity contribution in [1.29, 1.82) is 0 Å². The Morgan fingerprint density at radius 3 is 2.79 bits per heavy atom. The van der Waals surface area contributed by atoms with Gasteiger partial charge in [-0.25, -0.2) is 4.79 Å². The lowest BCUT2D eigenvalue weighted by molar-refractivity contribution is -0.131. The van der Waals surface area contributed by atoms with Gasteiger partial charge < -0.3 is 5.11 Å². The van der Waals surface area contributed by atoms with Crippen LogP contribution in [0.5, 0.6) is 0 Å². The predicted molar refractivity (Wildman–Crippen MR) is 68.3 cm³/mol. The number of benzene rings is 1. The Bertz CT molecular complexity index is 399. The fourth-order valence-corrected chi connectivity index (χ4v) is 2.03. The van der Waals surface area contributed by atoms with Gasteiger partial charge in [-0.2, -0.15) is 0 Å². The molecule has 0 spiro atoms. The van der Waals surface area contributed by atoms with Gasteiger partial charge in [-0.1, -0.05) is 15.9 Å². The molecule has 1 aromatic carbocycles. The molecule has 0 amide bonds. The highest BCUT2D eigenvalue weighted by Gasteiger charge is 2.01. The minimum Gasteiger partial charge on any atom is -0.478 e. The zero-order chi connectivity index (χ0) is 10.7. The van der Waals surface area contributed by atoms with E-state index in [0.717, 1.165) is 19.7 Å². The third-order valence-electron chi connectivity index (χ3n) is 1.68. The van der Waals surface area contributed by atoms with Crippen LogP contribution in [-0.2, 0) is 4.79 Å². The van der Waals surface area contributed by atoms with Crippen LogP contribution in [0.2, 0.25) is 0 Å². The molecule has 1 rings (SSSR count). The third kappa shape index (κ3) is 3.09. The largest absolute Gasteiger partial charge is 0.478 e. The van der Waals surface area contributed by atoms with Gasteiger partial charge in [-0.15, -0.1) is 0 Å². The molecule has 0 radical (unpaired) electrons. The van der Waals surface area contributed by atoms with Gasteiger partial charge in [0.1, 0.15) is 0 Å². The highest BCUT2D eigenvalue weighted by atomic mass is 127. The molecule has 0 saturated carbocycles. The average molecular weight is 367 g/mol. The van der Waals surface area contributed by atoms with Crippen molar-refractivity contribution >= 4 is 50.6 Å². The molecule has 1 aromatic rings. The van der Waals surface area contributed by atoms with E-state index in [1.165, 1.54) is 5.56 Å². The summed E-state index contributed by atoms with van der Waals surface area (Å²) in [6.45, 7) is 2.01. The second-order valence-corrected chi connectivity index (χ2v) is 4.81. The Balaban J connectivity index is 3.10. The minimum absolute atomic E-state index is 0.877. The first kappa shape index (κ1) is 11.7. The Labute approximate surface area is 104 Å². The van der Waals surface area contributed by atoms with E-state index in [4.69, 9.17) is 5.11 Å². The molecule has 0 heterocycles. The molecule has 0 aromatic heterocycles. The van der Waals surface area contributed by atoms with Crippen LogP contribution < -0.4 is 0 Å². The van der Waals surface area contributed by atoms with Gasteiger partial charge in [0.2, 0.25) is 0 Å². The first-order valence-electron chi connectivity index (χ1n) is 3.87. The summed E-state index contributed by atoms with van der Waals surface area (Å²) in [4.78, 5) is 10.3. The molecular weight excluding hydrogens is 359 g/mol. The highest BCUT2D eigenvalue weighted by molar-refractivity contribution is 14.1. The molecule has 0 aliphatic carbocycles. The van der Waals surface area contributed by atoms with E-state index in [9.17, 15) is 4.79 Å². The van der Waals surface area contributed by atoms with Gasteiger partial charge in [0.15, 0.2) is 0 Å². The minimum atomic E-state index is -0.938. The molecule has 0 fully saturated rings. The van der Waals surface area contributed by atoms with Gasteiger partial charge in [0.25, 0.3) is 0 Å². The van der Waals surface area contributed by atoms with Gasteiger partial charge in [-0.05, 0) is 58.9 Å². The van der Waals surface area contributed by atoms with Crippen molar-refractivity contribution in [3.05, 3.63) is 37.4 Å². The zero-order valence-corrected chi connectivity index (χ0v) is 11.2. The Kier molecular flexibility index (Phi) is 4.12. The molecule has 1 N–H and O–H groups in total. The molecule has 0 aliphatic heterocycles. The molecule has 0 aliphatic rings. The molecule has 0 saturated heterocycles. The number of carboxylic acid groups (broad SMARTS) is 1. The van der Waals surface area contributed by atoms with Crippen LogP contribution in [0.15, 0.2) is 22.7 Å². The van der Waals surface area contributed by atoms with E-state index in [1.807, 2.05) is 19.1 Å². The van der Waals surface area contributed by atoms with E-state index in [2.05, 4.69) is 38.5 Å². The molecular formula is C10H8BrIO2. The number of hydrogen-bond donors (Lipinski definition) is 1. The van der Waals surface area contributed by atoms with Crippen molar-refractivity contribution in [1.82, 2.24) is 0 Å². The van der Waals surface area contributed by atoms with Crippen molar-refractivity contribution < 1.29 is 9.90 Å². The van der Waals surface area contributed by atoms with Crippen molar-refractivity contribution in [2.75, 3.05) is 0 Å². The number of rotatable bonds is 2. The summed E-state index contributed by atoms with van der Waals surface area (Å²) in [5.41, 5.74) is 2.05. The van der Waals surface area contributed by atoms with E-state index in [0.29, 0.717) is 0 Å². The smallest absolute Gasteiger partial charge is 0.328 e. The number of carbonyl (C=O) groups is 1. The number of carboxylic acids is 1. The second-order valence-electron chi connectivity index (χ2n) is 2.79. The molecule has 0 bridgehead atoms.